The number of halogens is 1. The number of hydrogen-bond donors (Lipinski definition) is 0. The summed E-state index contributed by atoms with van der Waals surface area (Å²) in [6.45, 7) is 6.48. The summed E-state index contributed by atoms with van der Waals surface area (Å²) in [6, 6.07) is 16.6. The first-order chi connectivity index (χ1) is 8.93. The molecule has 0 atom stereocenters. The Bertz CT molecular complexity index is 628. The Hall–Kier alpha value is -1.78. The zero-order valence-electron chi connectivity index (χ0n) is 11.3. The van der Waals surface area contributed by atoms with E-state index in [9.17, 15) is 0 Å². The molecule has 0 unspecified atom stereocenters. The molecule has 2 rings (SSSR count). The van der Waals surface area contributed by atoms with Gasteiger partial charge in [0.2, 0.25) is 0 Å². The zero-order valence-corrected chi connectivity index (χ0v) is 12.0. The third kappa shape index (κ3) is 2.80. The van der Waals surface area contributed by atoms with Crippen molar-refractivity contribution < 1.29 is 0 Å². The Balaban J connectivity index is 2.64. The van der Waals surface area contributed by atoms with E-state index >= 15 is 0 Å². The normalized spacial score (nSPS) is 11.1. The van der Waals surface area contributed by atoms with E-state index < -0.39 is 0 Å². The van der Waals surface area contributed by atoms with Crippen LogP contribution in [0.2, 0.25) is 5.02 Å². The van der Waals surface area contributed by atoms with Crippen LogP contribution in [0, 0.1) is 17.4 Å². The van der Waals surface area contributed by atoms with Gasteiger partial charge in [0.15, 0.2) is 0 Å². The fourth-order valence-corrected chi connectivity index (χ4v) is 2.36. The summed E-state index contributed by atoms with van der Waals surface area (Å²) in [7, 11) is 0. The van der Waals surface area contributed by atoms with Gasteiger partial charge in [-0.3, -0.25) is 0 Å². The van der Waals surface area contributed by atoms with Gasteiger partial charge in [0.05, 0.1) is 16.7 Å². The highest BCUT2D eigenvalue weighted by atomic mass is 35.5. The molecule has 0 aromatic heterocycles. The molecule has 2 heteroatoms. The lowest BCUT2D eigenvalue weighted by Gasteiger charge is -2.23. The molecule has 1 nitrogen and oxygen atoms in total. The van der Waals surface area contributed by atoms with E-state index in [1.54, 1.807) is 0 Å². The standard InChI is InChI=1S/C17H15ClN/c1-17(2,3)14-5-4-6-15(18)16(14)13-9-7-12(11-19)8-10-13/h4-5,7-10H,1-3H3. The molecule has 2 aromatic rings. The van der Waals surface area contributed by atoms with E-state index in [2.05, 4.69) is 39.0 Å². The number of nitriles is 1. The molecule has 0 spiro atoms. The average molecular weight is 269 g/mol. The van der Waals surface area contributed by atoms with E-state index in [0.717, 1.165) is 11.1 Å². The maximum Gasteiger partial charge on any atom is 0.0991 e. The largest absolute Gasteiger partial charge is 0.192 e. The van der Waals surface area contributed by atoms with Crippen LogP contribution in [0.25, 0.3) is 11.1 Å². The summed E-state index contributed by atoms with van der Waals surface area (Å²) in [5.41, 5.74) is 3.85. The highest BCUT2D eigenvalue weighted by Crippen LogP contribution is 2.37. The van der Waals surface area contributed by atoms with Gasteiger partial charge in [-0.15, -0.1) is 0 Å². The van der Waals surface area contributed by atoms with Crippen LogP contribution >= 0.6 is 11.6 Å². The summed E-state index contributed by atoms with van der Waals surface area (Å²) in [4.78, 5) is 0. The quantitative estimate of drug-likeness (QED) is 0.716. The van der Waals surface area contributed by atoms with Crippen molar-refractivity contribution in [1.82, 2.24) is 0 Å². The molecule has 1 radical (unpaired) electrons. The minimum Gasteiger partial charge on any atom is -0.192 e. The van der Waals surface area contributed by atoms with Crippen molar-refractivity contribution in [2.24, 2.45) is 0 Å². The topological polar surface area (TPSA) is 23.8 Å². The van der Waals surface area contributed by atoms with Crippen LogP contribution in [-0.2, 0) is 5.41 Å². The predicted octanol–water partition coefficient (Wildman–Crippen LogP) is 4.98. The second kappa shape index (κ2) is 5.07. The first-order valence-corrected chi connectivity index (χ1v) is 6.52. The first-order valence-electron chi connectivity index (χ1n) is 6.14. The van der Waals surface area contributed by atoms with Crippen molar-refractivity contribution >= 4 is 11.6 Å². The number of benzene rings is 2. The van der Waals surface area contributed by atoms with Gasteiger partial charge in [-0.1, -0.05) is 56.6 Å². The summed E-state index contributed by atoms with van der Waals surface area (Å²) < 4.78 is 0. The number of rotatable bonds is 1. The summed E-state index contributed by atoms with van der Waals surface area (Å²) in [6.07, 6.45) is 0. The van der Waals surface area contributed by atoms with Crippen LogP contribution in [0.15, 0.2) is 36.4 Å². The molecule has 0 aliphatic heterocycles. The second-order valence-corrected chi connectivity index (χ2v) is 5.90. The predicted molar refractivity (Wildman–Crippen MR) is 79.1 cm³/mol. The Labute approximate surface area is 119 Å². The molecule has 2 aromatic carbocycles. The summed E-state index contributed by atoms with van der Waals surface area (Å²) in [5.74, 6) is 0. The van der Waals surface area contributed by atoms with Crippen LogP contribution < -0.4 is 0 Å². The van der Waals surface area contributed by atoms with Gasteiger partial charge >= 0.3 is 0 Å². The third-order valence-corrected chi connectivity index (χ3v) is 3.36. The van der Waals surface area contributed by atoms with Crippen molar-refractivity contribution in [3.63, 3.8) is 0 Å². The van der Waals surface area contributed by atoms with Crippen LogP contribution in [0.1, 0.15) is 31.9 Å². The van der Waals surface area contributed by atoms with Gasteiger partial charge in [-0.2, -0.15) is 5.26 Å². The molecule has 19 heavy (non-hydrogen) atoms. The van der Waals surface area contributed by atoms with Gasteiger partial charge in [0, 0.05) is 11.6 Å². The van der Waals surface area contributed by atoms with E-state index in [4.69, 9.17) is 16.9 Å². The molecule has 0 saturated heterocycles. The molecule has 0 aliphatic rings. The molecular weight excluding hydrogens is 254 g/mol. The van der Waals surface area contributed by atoms with Gasteiger partial charge in [0.25, 0.3) is 0 Å². The Kier molecular flexibility index (Phi) is 3.64. The lowest BCUT2D eigenvalue weighted by atomic mass is 9.82. The Morgan fingerprint density at radius 3 is 2.26 bits per heavy atom. The smallest absolute Gasteiger partial charge is 0.0991 e. The molecule has 95 valence electrons. The Morgan fingerprint density at radius 1 is 1.11 bits per heavy atom. The van der Waals surface area contributed by atoms with Gasteiger partial charge in [0.1, 0.15) is 0 Å². The molecule has 0 amide bonds. The maximum atomic E-state index is 8.86. The molecule has 0 saturated carbocycles. The van der Waals surface area contributed by atoms with Crippen molar-refractivity contribution in [2.75, 3.05) is 0 Å². The van der Waals surface area contributed by atoms with Crippen molar-refractivity contribution in [1.29, 1.82) is 5.26 Å². The van der Waals surface area contributed by atoms with Crippen molar-refractivity contribution in [3.05, 3.63) is 58.6 Å². The highest BCUT2D eigenvalue weighted by Gasteiger charge is 2.20. The van der Waals surface area contributed by atoms with Crippen LogP contribution in [0.3, 0.4) is 0 Å². The average Bonchev–Trinajstić information content (AvgIpc) is 2.37. The Morgan fingerprint density at radius 2 is 1.74 bits per heavy atom. The lowest BCUT2D eigenvalue weighted by molar-refractivity contribution is 0.592. The van der Waals surface area contributed by atoms with Gasteiger partial charge < -0.3 is 0 Å². The fraction of sp³-hybridized carbons (Fsp3) is 0.235. The van der Waals surface area contributed by atoms with Crippen molar-refractivity contribution in [3.8, 4) is 17.2 Å². The second-order valence-electron chi connectivity index (χ2n) is 5.52. The van der Waals surface area contributed by atoms with E-state index in [1.807, 2.05) is 30.3 Å². The van der Waals surface area contributed by atoms with E-state index in [0.29, 0.717) is 10.6 Å². The summed E-state index contributed by atoms with van der Waals surface area (Å²) >= 11 is 6.32. The van der Waals surface area contributed by atoms with Crippen molar-refractivity contribution in [2.45, 2.75) is 26.2 Å². The number of nitrogens with zero attached hydrogens (tertiary/aromatic N) is 1. The highest BCUT2D eigenvalue weighted by molar-refractivity contribution is 6.33. The van der Waals surface area contributed by atoms with Gasteiger partial charge in [-0.25, -0.2) is 0 Å². The molecule has 0 bridgehead atoms. The van der Waals surface area contributed by atoms with Crippen LogP contribution in [0.5, 0.6) is 0 Å². The maximum absolute atomic E-state index is 8.86. The zero-order chi connectivity index (χ0) is 14.0. The molecule has 0 aliphatic carbocycles. The minimum absolute atomic E-state index is 0.00196. The monoisotopic (exact) mass is 268 g/mol. The molecule has 0 heterocycles. The fourth-order valence-electron chi connectivity index (χ4n) is 2.09. The number of hydrogen-bond acceptors (Lipinski definition) is 1. The molecule has 0 N–H and O–H groups in total. The van der Waals surface area contributed by atoms with E-state index in [-0.39, 0.29) is 5.41 Å². The summed E-state index contributed by atoms with van der Waals surface area (Å²) in [5, 5.41) is 9.48. The van der Waals surface area contributed by atoms with E-state index in [1.165, 1.54) is 5.56 Å². The SMILES string of the molecule is CC(C)(C)c1cc[c]c(Cl)c1-c1ccc(C#N)cc1. The lowest BCUT2D eigenvalue weighted by Crippen LogP contribution is -2.12. The molecule has 0 fully saturated rings. The van der Waals surface area contributed by atoms with Crippen LogP contribution in [0.4, 0.5) is 0 Å². The third-order valence-electron chi connectivity index (χ3n) is 3.06. The first kappa shape index (κ1) is 13.6. The van der Waals surface area contributed by atoms with Crippen LogP contribution in [-0.4, -0.2) is 0 Å². The minimum atomic E-state index is 0.00196. The molecular formula is C17H15ClN. The van der Waals surface area contributed by atoms with Gasteiger partial charge in [-0.05, 0) is 28.7 Å².